The number of fused-ring (bicyclic) bond motifs is 1. The maximum Gasteiger partial charge on any atom is 0.416 e. The molecule has 0 fully saturated rings. The number of amides is 4. The largest absolute Gasteiger partial charge is 0.416 e. The molecule has 4 amide bonds. The summed E-state index contributed by atoms with van der Waals surface area (Å²) in [6.45, 7) is 9.11. The first-order valence-corrected chi connectivity index (χ1v) is 17.0. The Kier molecular flexibility index (Phi) is 12.3. The first-order valence-electron chi connectivity index (χ1n) is 17.0. The van der Waals surface area contributed by atoms with Crippen LogP contribution in [0, 0.1) is 11.3 Å². The number of nitrogens with zero attached hydrogens (tertiary/aromatic N) is 3. The number of alkyl halides is 3. The molecule has 51 heavy (non-hydrogen) atoms. The van der Waals surface area contributed by atoms with E-state index in [0.717, 1.165) is 18.6 Å². The molecule has 0 bridgehead atoms. The third-order valence-electron chi connectivity index (χ3n) is 8.80. The van der Waals surface area contributed by atoms with Crippen LogP contribution < -0.4 is 11.1 Å². The van der Waals surface area contributed by atoms with E-state index >= 15 is 0 Å². The third kappa shape index (κ3) is 10.9. The van der Waals surface area contributed by atoms with Gasteiger partial charge in [0, 0.05) is 42.9 Å². The summed E-state index contributed by atoms with van der Waals surface area (Å²) in [5, 5.41) is 2.93. The van der Waals surface area contributed by atoms with Gasteiger partial charge >= 0.3 is 6.18 Å². The van der Waals surface area contributed by atoms with Gasteiger partial charge in [0.25, 0.3) is 11.8 Å². The summed E-state index contributed by atoms with van der Waals surface area (Å²) in [4.78, 5) is 56.9. The van der Waals surface area contributed by atoms with E-state index in [1.54, 1.807) is 47.4 Å². The number of nitrogens with one attached hydrogen (secondary N) is 1. The Morgan fingerprint density at radius 2 is 1.61 bits per heavy atom. The van der Waals surface area contributed by atoms with Crippen molar-refractivity contribution >= 4 is 29.3 Å². The van der Waals surface area contributed by atoms with Crippen LogP contribution in [0.1, 0.15) is 89.5 Å². The van der Waals surface area contributed by atoms with Crippen LogP contribution >= 0.6 is 0 Å². The van der Waals surface area contributed by atoms with Crippen molar-refractivity contribution in [3.05, 3.63) is 100 Å². The predicted molar refractivity (Wildman–Crippen MR) is 191 cm³/mol. The second-order valence-corrected chi connectivity index (χ2v) is 15.0. The predicted octanol–water partition coefficient (Wildman–Crippen LogP) is 6.54. The Balaban J connectivity index is 1.61. The SMILES string of the molecule is CC(CC(=O)Nc1ccc2c(c1)C(=O)N(Cc1ccc(C(=O)N(CCN(C)C)CC(N)=O)cc1)C(c1ccc(C(F)(F)F)cc1)C2)CC(C)(C)C. The molecule has 0 aromatic heterocycles. The zero-order valence-electron chi connectivity index (χ0n) is 30.1. The van der Waals surface area contributed by atoms with Gasteiger partial charge in [0.2, 0.25) is 11.8 Å². The minimum Gasteiger partial charge on any atom is -0.368 e. The molecule has 0 spiro atoms. The van der Waals surface area contributed by atoms with Crippen LogP contribution in [0.15, 0.2) is 66.7 Å². The lowest BCUT2D eigenvalue weighted by Gasteiger charge is -2.37. The Morgan fingerprint density at radius 3 is 2.18 bits per heavy atom. The van der Waals surface area contributed by atoms with Crippen molar-refractivity contribution in [1.82, 2.24) is 14.7 Å². The molecular weight excluding hydrogens is 659 g/mol. The number of rotatable bonds is 13. The number of halogens is 3. The molecule has 4 rings (SSSR count). The average Bonchev–Trinajstić information content (AvgIpc) is 3.03. The standard InChI is InChI=1S/C39H48F3N5O4/c1-25(22-38(2,3)4)19-35(49)44-31-16-13-29-20-33(27-11-14-30(15-12-27)39(40,41)42)47(37(51)32(29)21-31)23-26-7-9-28(10-8-26)36(50)46(24-34(43)48)18-17-45(5)6/h7-16,21,25,33H,17-20,22-24H2,1-6H3,(H2,43,48)(H,44,49). The van der Waals surface area contributed by atoms with Gasteiger partial charge in [0.05, 0.1) is 18.2 Å². The number of hydrogen-bond donors (Lipinski definition) is 2. The Labute approximate surface area is 298 Å². The first-order chi connectivity index (χ1) is 23.8. The third-order valence-corrected chi connectivity index (χ3v) is 8.80. The van der Waals surface area contributed by atoms with E-state index in [2.05, 4.69) is 26.1 Å². The Hall–Kier alpha value is -4.71. The topological polar surface area (TPSA) is 116 Å². The van der Waals surface area contributed by atoms with Gasteiger partial charge in [-0.3, -0.25) is 19.2 Å². The van der Waals surface area contributed by atoms with Crippen molar-refractivity contribution in [3.8, 4) is 0 Å². The number of likely N-dealkylation sites (N-methyl/N-ethyl adjacent to an activating group) is 1. The molecule has 0 saturated heterocycles. The van der Waals surface area contributed by atoms with Crippen molar-refractivity contribution in [2.45, 2.75) is 65.7 Å². The molecule has 0 aliphatic carbocycles. The van der Waals surface area contributed by atoms with Gasteiger partial charge in [-0.25, -0.2) is 0 Å². The summed E-state index contributed by atoms with van der Waals surface area (Å²) in [7, 11) is 3.71. The maximum atomic E-state index is 14.2. The number of carbonyl (C=O) groups is 4. The van der Waals surface area contributed by atoms with Crippen LogP contribution in [0.25, 0.3) is 0 Å². The van der Waals surface area contributed by atoms with Gasteiger partial charge in [-0.1, -0.05) is 58.0 Å². The Morgan fingerprint density at radius 1 is 0.961 bits per heavy atom. The summed E-state index contributed by atoms with van der Waals surface area (Å²) in [6, 6.07) is 16.1. The number of benzene rings is 3. The Bertz CT molecular complexity index is 1720. The van der Waals surface area contributed by atoms with Crippen LogP contribution in [0.5, 0.6) is 0 Å². The van der Waals surface area contributed by atoms with Gasteiger partial charge in [-0.05, 0) is 91.4 Å². The fourth-order valence-electron chi connectivity index (χ4n) is 6.56. The molecule has 9 nitrogen and oxygen atoms in total. The summed E-state index contributed by atoms with van der Waals surface area (Å²) >= 11 is 0. The second-order valence-electron chi connectivity index (χ2n) is 15.0. The molecule has 3 aromatic rings. The van der Waals surface area contributed by atoms with E-state index in [9.17, 15) is 32.3 Å². The minimum atomic E-state index is -4.50. The van der Waals surface area contributed by atoms with Gasteiger partial charge in [0.15, 0.2) is 0 Å². The quantitative estimate of drug-likeness (QED) is 0.210. The van der Waals surface area contributed by atoms with Crippen LogP contribution in [-0.2, 0) is 28.7 Å². The highest BCUT2D eigenvalue weighted by Gasteiger charge is 2.35. The lowest BCUT2D eigenvalue weighted by molar-refractivity contribution is -0.137. The van der Waals surface area contributed by atoms with E-state index in [0.29, 0.717) is 59.4 Å². The molecule has 12 heteroatoms. The number of carbonyl (C=O) groups excluding carboxylic acids is 4. The highest BCUT2D eigenvalue weighted by molar-refractivity contribution is 6.00. The molecule has 1 aliphatic rings. The normalized spacial score (nSPS) is 15.4. The van der Waals surface area contributed by atoms with Gasteiger partial charge in [-0.15, -0.1) is 0 Å². The fraction of sp³-hybridized carbons (Fsp3) is 0.436. The monoisotopic (exact) mass is 707 g/mol. The second kappa shape index (κ2) is 16.1. The molecule has 1 aliphatic heterocycles. The molecule has 0 saturated carbocycles. The van der Waals surface area contributed by atoms with Crippen LogP contribution in [0.3, 0.4) is 0 Å². The van der Waals surface area contributed by atoms with Gasteiger partial charge < -0.3 is 25.8 Å². The number of anilines is 1. The van der Waals surface area contributed by atoms with Gasteiger partial charge in [0.1, 0.15) is 0 Å². The van der Waals surface area contributed by atoms with Gasteiger partial charge in [-0.2, -0.15) is 13.2 Å². The number of hydrogen-bond acceptors (Lipinski definition) is 5. The van der Waals surface area contributed by atoms with Crippen molar-refractivity contribution in [2.24, 2.45) is 17.1 Å². The molecule has 2 atom stereocenters. The zero-order valence-corrected chi connectivity index (χ0v) is 30.1. The fourth-order valence-corrected chi connectivity index (χ4v) is 6.56. The molecular formula is C39H48F3N5O4. The van der Waals surface area contributed by atoms with Crippen LogP contribution in [0.2, 0.25) is 0 Å². The number of nitrogens with two attached hydrogens (primary N) is 1. The molecule has 1 heterocycles. The zero-order chi connectivity index (χ0) is 37.7. The average molecular weight is 708 g/mol. The maximum absolute atomic E-state index is 14.2. The molecule has 3 N–H and O–H groups in total. The van der Waals surface area contributed by atoms with Crippen molar-refractivity contribution in [1.29, 1.82) is 0 Å². The number of primary amides is 1. The van der Waals surface area contributed by atoms with Crippen LogP contribution in [-0.4, -0.2) is 72.1 Å². The van der Waals surface area contributed by atoms with Crippen molar-refractivity contribution in [2.75, 3.05) is 39.0 Å². The highest BCUT2D eigenvalue weighted by atomic mass is 19.4. The summed E-state index contributed by atoms with van der Waals surface area (Å²) in [5.74, 6) is -1.32. The van der Waals surface area contributed by atoms with E-state index in [1.807, 2.05) is 25.9 Å². The summed E-state index contributed by atoms with van der Waals surface area (Å²) in [5.41, 5.74) is 7.86. The molecule has 274 valence electrons. The highest BCUT2D eigenvalue weighted by Crippen LogP contribution is 2.37. The first kappa shape index (κ1) is 39.1. The lowest BCUT2D eigenvalue weighted by atomic mass is 9.84. The summed E-state index contributed by atoms with van der Waals surface area (Å²) in [6.07, 6.45) is -2.95. The van der Waals surface area contributed by atoms with E-state index in [-0.39, 0.29) is 42.1 Å². The van der Waals surface area contributed by atoms with Crippen molar-refractivity contribution < 1.29 is 32.3 Å². The van der Waals surface area contributed by atoms with E-state index in [4.69, 9.17) is 5.73 Å². The smallest absolute Gasteiger partial charge is 0.368 e. The van der Waals surface area contributed by atoms with E-state index in [1.165, 1.54) is 17.0 Å². The van der Waals surface area contributed by atoms with Crippen molar-refractivity contribution in [3.63, 3.8) is 0 Å². The van der Waals surface area contributed by atoms with Crippen LogP contribution in [0.4, 0.5) is 18.9 Å². The molecule has 0 radical (unpaired) electrons. The minimum absolute atomic E-state index is 0.0814. The van der Waals surface area contributed by atoms with E-state index < -0.39 is 23.7 Å². The lowest BCUT2D eigenvalue weighted by Crippen LogP contribution is -2.42. The molecule has 3 aromatic carbocycles. The summed E-state index contributed by atoms with van der Waals surface area (Å²) < 4.78 is 40.2. The molecule has 2 unspecified atom stereocenters.